The molecule has 22 heavy (non-hydrogen) atoms. The molecule has 0 spiro atoms. The van der Waals surface area contributed by atoms with Crippen LogP contribution in [0.3, 0.4) is 0 Å². The van der Waals surface area contributed by atoms with Gasteiger partial charge in [0.05, 0.1) is 12.6 Å². The fourth-order valence-corrected chi connectivity index (χ4v) is 3.27. The van der Waals surface area contributed by atoms with Gasteiger partial charge in [0.2, 0.25) is 0 Å². The maximum absolute atomic E-state index is 12.4. The molecule has 0 aliphatic carbocycles. The number of amides is 1. The number of carbonyl (C=O) groups excluding carboxylic acids is 1. The van der Waals surface area contributed by atoms with Crippen LogP contribution < -0.4 is 10.6 Å². The average molecular weight is 325 g/mol. The second kappa shape index (κ2) is 7.95. The fraction of sp³-hybridized carbons (Fsp3) is 0.588. The van der Waals surface area contributed by atoms with Crippen LogP contribution in [-0.4, -0.2) is 38.3 Å². The first-order valence-corrected chi connectivity index (χ1v) is 7.94. The minimum atomic E-state index is 0. The molecule has 2 N–H and O–H groups in total. The molecule has 2 fully saturated rings. The predicted octanol–water partition coefficient (Wildman–Crippen LogP) is 2.40. The first kappa shape index (κ1) is 17.3. The van der Waals surface area contributed by atoms with Crippen molar-refractivity contribution in [3.8, 4) is 0 Å². The van der Waals surface area contributed by atoms with Crippen molar-refractivity contribution in [2.24, 2.45) is 0 Å². The summed E-state index contributed by atoms with van der Waals surface area (Å²) in [5.41, 5.74) is 3.41. The molecule has 2 aliphatic heterocycles. The number of aryl methyl sites for hydroxylation is 1. The van der Waals surface area contributed by atoms with Gasteiger partial charge in [-0.05, 0) is 68.5 Å². The molecule has 1 amide bonds. The molecule has 5 heteroatoms. The molecule has 4 nitrogen and oxygen atoms in total. The smallest absolute Gasteiger partial charge is 0.251 e. The van der Waals surface area contributed by atoms with Crippen molar-refractivity contribution in [2.75, 3.05) is 26.3 Å². The number of benzene rings is 1. The van der Waals surface area contributed by atoms with E-state index in [0.29, 0.717) is 12.5 Å². The third-order valence-electron chi connectivity index (χ3n) is 4.59. The Kier molecular flexibility index (Phi) is 6.24. The zero-order chi connectivity index (χ0) is 14.7. The van der Waals surface area contributed by atoms with Crippen LogP contribution in [0.4, 0.5) is 0 Å². The van der Waals surface area contributed by atoms with E-state index in [1.165, 1.54) is 11.1 Å². The summed E-state index contributed by atoms with van der Waals surface area (Å²) in [6.45, 7) is 5.67. The summed E-state index contributed by atoms with van der Waals surface area (Å²) in [5, 5.41) is 6.46. The van der Waals surface area contributed by atoms with Crippen LogP contribution in [0.15, 0.2) is 18.2 Å². The Labute approximate surface area is 138 Å². The number of halogens is 1. The lowest BCUT2D eigenvalue weighted by Gasteiger charge is -2.25. The zero-order valence-corrected chi connectivity index (χ0v) is 13.9. The van der Waals surface area contributed by atoms with Crippen molar-refractivity contribution in [2.45, 2.75) is 38.1 Å². The minimum absolute atomic E-state index is 0. The van der Waals surface area contributed by atoms with Crippen LogP contribution in [0.25, 0.3) is 0 Å². The highest BCUT2D eigenvalue weighted by Gasteiger charge is 2.21. The molecule has 0 aromatic heterocycles. The van der Waals surface area contributed by atoms with E-state index in [1.807, 2.05) is 6.07 Å². The molecule has 0 radical (unpaired) electrons. The topological polar surface area (TPSA) is 50.4 Å². The number of ether oxygens (including phenoxy) is 1. The van der Waals surface area contributed by atoms with E-state index < -0.39 is 0 Å². The maximum atomic E-state index is 12.4. The lowest BCUT2D eigenvalue weighted by molar-refractivity contribution is 0.0930. The molecule has 2 aliphatic rings. The van der Waals surface area contributed by atoms with Crippen LogP contribution in [0.2, 0.25) is 0 Å². The first-order chi connectivity index (χ1) is 10.2. The van der Waals surface area contributed by atoms with Gasteiger partial charge in [0.1, 0.15) is 0 Å². The second-order valence-corrected chi connectivity index (χ2v) is 6.13. The quantitative estimate of drug-likeness (QED) is 0.897. The maximum Gasteiger partial charge on any atom is 0.251 e. The third-order valence-corrected chi connectivity index (χ3v) is 4.59. The van der Waals surface area contributed by atoms with E-state index in [4.69, 9.17) is 4.74 Å². The lowest BCUT2D eigenvalue weighted by Crippen LogP contribution is -2.35. The van der Waals surface area contributed by atoms with Crippen LogP contribution >= 0.6 is 12.4 Å². The van der Waals surface area contributed by atoms with Gasteiger partial charge in [0.15, 0.2) is 0 Å². The van der Waals surface area contributed by atoms with Crippen molar-refractivity contribution in [1.29, 1.82) is 0 Å². The van der Waals surface area contributed by atoms with Gasteiger partial charge in [-0.25, -0.2) is 0 Å². The van der Waals surface area contributed by atoms with Gasteiger partial charge in [0.25, 0.3) is 5.91 Å². The highest BCUT2D eigenvalue weighted by Crippen LogP contribution is 2.28. The van der Waals surface area contributed by atoms with Gasteiger partial charge >= 0.3 is 0 Å². The molecule has 1 aromatic rings. The number of carbonyl (C=O) groups is 1. The SMILES string of the molecule is Cc1ccc(C(=O)NC2CCOC2)cc1C1CCNCC1.Cl. The van der Waals surface area contributed by atoms with Crippen LogP contribution in [0.5, 0.6) is 0 Å². The molecule has 1 aromatic carbocycles. The normalized spacial score (nSPS) is 22.1. The van der Waals surface area contributed by atoms with Crippen molar-refractivity contribution >= 4 is 18.3 Å². The number of rotatable bonds is 3. The second-order valence-electron chi connectivity index (χ2n) is 6.13. The largest absolute Gasteiger partial charge is 0.379 e. The summed E-state index contributed by atoms with van der Waals surface area (Å²) in [4.78, 5) is 12.4. The number of nitrogens with one attached hydrogen (secondary N) is 2. The molecule has 1 unspecified atom stereocenters. The Morgan fingerprint density at radius 1 is 1.27 bits per heavy atom. The number of piperidine rings is 1. The van der Waals surface area contributed by atoms with Gasteiger partial charge in [-0.2, -0.15) is 0 Å². The van der Waals surface area contributed by atoms with Crippen molar-refractivity contribution < 1.29 is 9.53 Å². The monoisotopic (exact) mass is 324 g/mol. The molecular weight excluding hydrogens is 300 g/mol. The highest BCUT2D eigenvalue weighted by atomic mass is 35.5. The van der Waals surface area contributed by atoms with Gasteiger partial charge < -0.3 is 15.4 Å². The predicted molar refractivity (Wildman–Crippen MR) is 90.0 cm³/mol. The Balaban J connectivity index is 0.00000176. The number of hydrogen-bond acceptors (Lipinski definition) is 3. The van der Waals surface area contributed by atoms with Crippen molar-refractivity contribution in [3.63, 3.8) is 0 Å². The zero-order valence-electron chi connectivity index (χ0n) is 13.1. The summed E-state index contributed by atoms with van der Waals surface area (Å²) in [6, 6.07) is 6.28. The Morgan fingerprint density at radius 3 is 2.73 bits per heavy atom. The molecule has 3 rings (SSSR count). The van der Waals surface area contributed by atoms with E-state index in [-0.39, 0.29) is 24.4 Å². The van der Waals surface area contributed by atoms with Gasteiger partial charge in [-0.3, -0.25) is 4.79 Å². The minimum Gasteiger partial charge on any atom is -0.379 e. The van der Waals surface area contributed by atoms with E-state index in [2.05, 4.69) is 29.7 Å². The van der Waals surface area contributed by atoms with Crippen molar-refractivity contribution in [1.82, 2.24) is 10.6 Å². The molecule has 0 saturated carbocycles. The third kappa shape index (κ3) is 4.00. The Morgan fingerprint density at radius 2 is 2.05 bits per heavy atom. The molecule has 2 saturated heterocycles. The highest BCUT2D eigenvalue weighted by molar-refractivity contribution is 5.94. The van der Waals surface area contributed by atoms with Gasteiger partial charge in [-0.1, -0.05) is 6.07 Å². The molecule has 1 atom stereocenters. The Bertz CT molecular complexity index is 509. The standard InChI is InChI=1S/C17H24N2O2.ClH/c1-12-2-3-14(17(20)19-15-6-9-21-11-15)10-16(12)13-4-7-18-8-5-13;/h2-3,10,13,15,18H,4-9,11H2,1H3,(H,19,20);1H. The van der Waals surface area contributed by atoms with E-state index in [9.17, 15) is 4.79 Å². The van der Waals surface area contributed by atoms with Gasteiger partial charge in [-0.15, -0.1) is 12.4 Å². The van der Waals surface area contributed by atoms with Crippen molar-refractivity contribution in [3.05, 3.63) is 34.9 Å². The number of hydrogen-bond donors (Lipinski definition) is 2. The van der Waals surface area contributed by atoms with Crippen LogP contribution in [-0.2, 0) is 4.74 Å². The average Bonchev–Trinajstić information content (AvgIpc) is 3.01. The van der Waals surface area contributed by atoms with E-state index in [0.717, 1.165) is 44.5 Å². The molecule has 0 bridgehead atoms. The van der Waals surface area contributed by atoms with Gasteiger partial charge in [0, 0.05) is 12.2 Å². The molecule has 122 valence electrons. The summed E-state index contributed by atoms with van der Waals surface area (Å²) in [6.07, 6.45) is 3.23. The van der Waals surface area contributed by atoms with Crippen LogP contribution in [0, 0.1) is 6.92 Å². The van der Waals surface area contributed by atoms with E-state index in [1.54, 1.807) is 0 Å². The van der Waals surface area contributed by atoms with Crippen LogP contribution in [0.1, 0.15) is 46.7 Å². The summed E-state index contributed by atoms with van der Waals surface area (Å²) < 4.78 is 5.31. The molecule has 2 heterocycles. The van der Waals surface area contributed by atoms with E-state index >= 15 is 0 Å². The summed E-state index contributed by atoms with van der Waals surface area (Å²) in [7, 11) is 0. The Hall–Kier alpha value is -1.10. The summed E-state index contributed by atoms with van der Waals surface area (Å²) >= 11 is 0. The summed E-state index contributed by atoms with van der Waals surface area (Å²) in [5.74, 6) is 0.606. The first-order valence-electron chi connectivity index (χ1n) is 7.94. The molecular formula is C17H25ClN2O2. The lowest BCUT2D eigenvalue weighted by atomic mass is 9.86. The fourth-order valence-electron chi connectivity index (χ4n) is 3.27.